The molecule has 0 bridgehead atoms. The van der Waals surface area contributed by atoms with Gasteiger partial charge in [0.15, 0.2) is 11.6 Å². The Morgan fingerprint density at radius 1 is 1.18 bits per heavy atom. The maximum Gasteiger partial charge on any atom is 0.422 e. The molecular weight excluding hydrogens is 391 g/mol. The zero-order chi connectivity index (χ0) is 20.5. The molecule has 0 radical (unpaired) electrons. The van der Waals surface area contributed by atoms with Crippen molar-refractivity contribution in [1.82, 2.24) is 14.3 Å². The highest BCUT2D eigenvalue weighted by atomic mass is 32.1. The highest BCUT2D eigenvalue weighted by molar-refractivity contribution is 7.15. The average molecular weight is 411 g/mol. The van der Waals surface area contributed by atoms with Crippen molar-refractivity contribution in [1.29, 1.82) is 0 Å². The van der Waals surface area contributed by atoms with Crippen molar-refractivity contribution >= 4 is 16.3 Å². The standard InChI is InChI=1S/C19H20F3N3O2S/c1-12-6-14(7-13(2)17(12)27-11-19(20,21)22)9-24(3)10-15-8-16(26)25-4-5-28-18(25)23-15/h4-8H,9-11H2,1-3H3. The first-order valence-corrected chi connectivity index (χ1v) is 9.44. The molecule has 2 heterocycles. The minimum absolute atomic E-state index is 0.118. The third-order valence-electron chi connectivity index (χ3n) is 4.14. The summed E-state index contributed by atoms with van der Waals surface area (Å²) in [4.78, 5) is 19.2. The molecule has 0 atom stereocenters. The van der Waals surface area contributed by atoms with E-state index in [-0.39, 0.29) is 11.3 Å². The van der Waals surface area contributed by atoms with E-state index in [2.05, 4.69) is 4.98 Å². The molecule has 150 valence electrons. The molecular formula is C19H20F3N3O2S. The summed E-state index contributed by atoms with van der Waals surface area (Å²) in [6.45, 7) is 3.20. The zero-order valence-corrected chi connectivity index (χ0v) is 16.5. The van der Waals surface area contributed by atoms with Gasteiger partial charge in [0.2, 0.25) is 0 Å². The van der Waals surface area contributed by atoms with Crippen LogP contribution in [-0.4, -0.2) is 34.1 Å². The molecule has 2 aromatic heterocycles. The van der Waals surface area contributed by atoms with Crippen LogP contribution in [0.2, 0.25) is 0 Å². The van der Waals surface area contributed by atoms with Crippen LogP contribution in [0.5, 0.6) is 5.75 Å². The molecule has 0 aliphatic carbocycles. The van der Waals surface area contributed by atoms with Crippen LogP contribution >= 0.6 is 11.3 Å². The lowest BCUT2D eigenvalue weighted by atomic mass is 10.1. The number of thiazole rings is 1. The van der Waals surface area contributed by atoms with Crippen LogP contribution in [0.4, 0.5) is 13.2 Å². The highest BCUT2D eigenvalue weighted by Crippen LogP contribution is 2.27. The summed E-state index contributed by atoms with van der Waals surface area (Å²) in [7, 11) is 1.90. The van der Waals surface area contributed by atoms with E-state index in [4.69, 9.17) is 4.74 Å². The summed E-state index contributed by atoms with van der Waals surface area (Å²) in [5.41, 5.74) is 2.82. The summed E-state index contributed by atoms with van der Waals surface area (Å²) in [5, 5.41) is 1.81. The lowest BCUT2D eigenvalue weighted by Gasteiger charge is -2.19. The number of nitrogens with zero attached hydrogens (tertiary/aromatic N) is 3. The maximum absolute atomic E-state index is 12.4. The summed E-state index contributed by atoms with van der Waals surface area (Å²) in [5.74, 6) is 0.265. The number of hydrogen-bond acceptors (Lipinski definition) is 5. The van der Waals surface area contributed by atoms with E-state index >= 15 is 0 Å². The van der Waals surface area contributed by atoms with Crippen molar-refractivity contribution in [2.45, 2.75) is 33.1 Å². The molecule has 0 aliphatic heterocycles. The van der Waals surface area contributed by atoms with Gasteiger partial charge in [-0.2, -0.15) is 13.2 Å². The molecule has 3 rings (SSSR count). The molecule has 5 nitrogen and oxygen atoms in total. The van der Waals surface area contributed by atoms with Gasteiger partial charge < -0.3 is 4.74 Å². The van der Waals surface area contributed by atoms with Crippen molar-refractivity contribution < 1.29 is 17.9 Å². The van der Waals surface area contributed by atoms with E-state index in [1.807, 2.05) is 29.5 Å². The van der Waals surface area contributed by atoms with Crippen LogP contribution in [0.3, 0.4) is 0 Å². The molecule has 28 heavy (non-hydrogen) atoms. The maximum atomic E-state index is 12.4. The van der Waals surface area contributed by atoms with Crippen molar-refractivity contribution in [3.8, 4) is 5.75 Å². The first kappa shape index (κ1) is 20.3. The van der Waals surface area contributed by atoms with Crippen molar-refractivity contribution in [2.24, 2.45) is 0 Å². The quantitative estimate of drug-likeness (QED) is 0.616. The van der Waals surface area contributed by atoms with E-state index in [0.29, 0.717) is 34.9 Å². The van der Waals surface area contributed by atoms with E-state index in [0.717, 1.165) is 5.56 Å². The van der Waals surface area contributed by atoms with E-state index < -0.39 is 12.8 Å². The van der Waals surface area contributed by atoms with Gasteiger partial charge in [-0.05, 0) is 37.6 Å². The average Bonchev–Trinajstić information content (AvgIpc) is 3.01. The van der Waals surface area contributed by atoms with Crippen LogP contribution in [0, 0.1) is 13.8 Å². The molecule has 9 heteroatoms. The fraction of sp³-hybridized carbons (Fsp3) is 0.368. The van der Waals surface area contributed by atoms with Crippen molar-refractivity contribution in [3.63, 3.8) is 0 Å². The predicted octanol–water partition coefficient (Wildman–Crippen LogP) is 3.95. The number of benzene rings is 1. The van der Waals surface area contributed by atoms with Gasteiger partial charge in [-0.1, -0.05) is 12.1 Å². The Bertz CT molecular complexity index is 1020. The lowest BCUT2D eigenvalue weighted by molar-refractivity contribution is -0.153. The van der Waals surface area contributed by atoms with Crippen LogP contribution in [0.1, 0.15) is 22.4 Å². The summed E-state index contributed by atoms with van der Waals surface area (Å²) in [6.07, 6.45) is -2.68. The molecule has 0 saturated carbocycles. The molecule has 0 unspecified atom stereocenters. The minimum Gasteiger partial charge on any atom is -0.484 e. The van der Waals surface area contributed by atoms with E-state index in [1.165, 1.54) is 21.8 Å². The Labute approximate surface area is 164 Å². The molecule has 0 fully saturated rings. The Kier molecular flexibility index (Phi) is 5.76. The number of ether oxygens (including phenoxy) is 1. The van der Waals surface area contributed by atoms with Gasteiger partial charge in [0.25, 0.3) is 5.56 Å². The Morgan fingerprint density at radius 3 is 2.50 bits per heavy atom. The van der Waals surface area contributed by atoms with E-state index in [1.54, 1.807) is 20.0 Å². The third kappa shape index (κ3) is 4.90. The second kappa shape index (κ2) is 7.92. The Morgan fingerprint density at radius 2 is 1.86 bits per heavy atom. The Hall–Kier alpha value is -2.39. The van der Waals surface area contributed by atoms with Crippen molar-refractivity contribution in [2.75, 3.05) is 13.7 Å². The third-order valence-corrected chi connectivity index (χ3v) is 4.90. The fourth-order valence-corrected chi connectivity index (χ4v) is 3.86. The Balaban J connectivity index is 1.71. The minimum atomic E-state index is -4.37. The molecule has 0 aliphatic rings. The van der Waals surface area contributed by atoms with Gasteiger partial charge in [-0.3, -0.25) is 14.1 Å². The van der Waals surface area contributed by atoms with Crippen LogP contribution in [0.25, 0.3) is 4.96 Å². The molecule has 0 saturated heterocycles. The number of alkyl halides is 3. The number of rotatable bonds is 6. The van der Waals surface area contributed by atoms with Gasteiger partial charge in [0.1, 0.15) is 5.75 Å². The normalized spacial score (nSPS) is 12.1. The molecule has 1 aromatic carbocycles. The fourth-order valence-electron chi connectivity index (χ4n) is 3.13. The smallest absolute Gasteiger partial charge is 0.422 e. The highest BCUT2D eigenvalue weighted by Gasteiger charge is 2.29. The molecule has 3 aromatic rings. The first-order valence-electron chi connectivity index (χ1n) is 8.56. The van der Waals surface area contributed by atoms with Gasteiger partial charge >= 0.3 is 6.18 Å². The number of fused-ring (bicyclic) bond motifs is 1. The second-order valence-corrected chi connectivity index (χ2v) is 7.65. The largest absolute Gasteiger partial charge is 0.484 e. The zero-order valence-electron chi connectivity index (χ0n) is 15.7. The molecule has 0 spiro atoms. The van der Waals surface area contributed by atoms with Gasteiger partial charge in [0, 0.05) is 30.7 Å². The number of aromatic nitrogens is 2. The topological polar surface area (TPSA) is 46.8 Å². The lowest BCUT2D eigenvalue weighted by Crippen LogP contribution is -2.21. The second-order valence-electron chi connectivity index (χ2n) is 6.78. The number of hydrogen-bond donors (Lipinski definition) is 0. The van der Waals surface area contributed by atoms with Crippen LogP contribution in [0.15, 0.2) is 34.6 Å². The van der Waals surface area contributed by atoms with E-state index in [9.17, 15) is 18.0 Å². The summed E-state index contributed by atoms with van der Waals surface area (Å²) < 4.78 is 43.7. The first-order chi connectivity index (χ1) is 13.1. The summed E-state index contributed by atoms with van der Waals surface area (Å²) >= 11 is 1.40. The predicted molar refractivity (Wildman–Crippen MR) is 102 cm³/mol. The summed E-state index contributed by atoms with van der Waals surface area (Å²) in [6, 6.07) is 5.15. The monoisotopic (exact) mass is 411 g/mol. The van der Waals surface area contributed by atoms with Gasteiger partial charge in [-0.25, -0.2) is 4.98 Å². The van der Waals surface area contributed by atoms with Gasteiger partial charge in [0.05, 0.1) is 5.69 Å². The number of halogens is 3. The van der Waals surface area contributed by atoms with Gasteiger partial charge in [-0.15, -0.1) is 11.3 Å². The van der Waals surface area contributed by atoms with Crippen molar-refractivity contribution in [3.05, 3.63) is 62.5 Å². The molecule has 0 N–H and O–H groups in total. The van der Waals surface area contributed by atoms with Crippen LogP contribution < -0.4 is 10.3 Å². The van der Waals surface area contributed by atoms with Crippen LogP contribution in [-0.2, 0) is 13.1 Å². The number of aryl methyl sites for hydroxylation is 2. The molecule has 0 amide bonds. The SMILES string of the molecule is Cc1cc(CN(C)Cc2cc(=O)n3ccsc3n2)cc(C)c1OCC(F)(F)F.